The lowest BCUT2D eigenvalue weighted by atomic mass is 10.2. The Morgan fingerprint density at radius 2 is 2.12 bits per heavy atom. The number of aromatic hydroxyl groups is 1. The molecule has 3 nitrogen and oxygen atoms in total. The quantitative estimate of drug-likeness (QED) is 0.877. The monoisotopic (exact) mass is 301 g/mol. The summed E-state index contributed by atoms with van der Waals surface area (Å²) in [6, 6.07) is 5.32. The highest BCUT2D eigenvalue weighted by atomic mass is 79.9. The number of phenols is 1. The van der Waals surface area contributed by atoms with E-state index in [9.17, 15) is 5.11 Å². The van der Waals surface area contributed by atoms with Crippen molar-refractivity contribution in [1.82, 2.24) is 4.90 Å². The number of rotatable bonds is 6. The van der Waals surface area contributed by atoms with Crippen LogP contribution in [0.5, 0.6) is 5.75 Å². The van der Waals surface area contributed by atoms with Crippen molar-refractivity contribution in [3.8, 4) is 5.75 Å². The topological polar surface area (TPSA) is 32.7 Å². The first kappa shape index (κ1) is 14.5. The molecule has 1 aromatic rings. The Balaban J connectivity index is 2.44. The van der Waals surface area contributed by atoms with E-state index in [2.05, 4.69) is 20.8 Å². The Kier molecular flexibility index (Phi) is 5.95. The highest BCUT2D eigenvalue weighted by molar-refractivity contribution is 9.10. The van der Waals surface area contributed by atoms with Crippen molar-refractivity contribution in [2.24, 2.45) is 0 Å². The van der Waals surface area contributed by atoms with E-state index >= 15 is 0 Å². The zero-order valence-electron chi connectivity index (χ0n) is 10.6. The summed E-state index contributed by atoms with van der Waals surface area (Å²) in [7, 11) is 2.04. The molecular formula is C13H20BrNO2. The van der Waals surface area contributed by atoms with E-state index in [1.165, 1.54) is 0 Å². The van der Waals surface area contributed by atoms with Gasteiger partial charge in [-0.3, -0.25) is 4.90 Å². The van der Waals surface area contributed by atoms with Crippen LogP contribution in [0.1, 0.15) is 19.4 Å². The summed E-state index contributed by atoms with van der Waals surface area (Å²) in [6.45, 7) is 6.46. The first-order valence-electron chi connectivity index (χ1n) is 5.76. The first-order valence-corrected chi connectivity index (χ1v) is 6.56. The molecule has 4 heteroatoms. The molecule has 0 spiro atoms. The number of benzene rings is 1. The largest absolute Gasteiger partial charge is 0.508 e. The van der Waals surface area contributed by atoms with E-state index in [-0.39, 0.29) is 6.10 Å². The van der Waals surface area contributed by atoms with E-state index < -0.39 is 0 Å². The highest BCUT2D eigenvalue weighted by Crippen LogP contribution is 2.22. The summed E-state index contributed by atoms with van der Waals surface area (Å²) in [4.78, 5) is 2.17. The average molecular weight is 302 g/mol. The van der Waals surface area contributed by atoms with Gasteiger partial charge in [0.2, 0.25) is 0 Å². The smallest absolute Gasteiger partial charge is 0.115 e. The molecule has 0 aliphatic heterocycles. The lowest BCUT2D eigenvalue weighted by Gasteiger charge is -2.18. The van der Waals surface area contributed by atoms with Crippen LogP contribution in [0, 0.1) is 0 Å². The summed E-state index contributed by atoms with van der Waals surface area (Å²) in [5.74, 6) is 0.301. The van der Waals surface area contributed by atoms with Crippen LogP contribution in [0.3, 0.4) is 0 Å². The third kappa shape index (κ3) is 5.52. The zero-order chi connectivity index (χ0) is 12.8. The van der Waals surface area contributed by atoms with Gasteiger partial charge in [0.05, 0.1) is 12.7 Å². The molecule has 0 heterocycles. The molecule has 96 valence electrons. The van der Waals surface area contributed by atoms with Gasteiger partial charge < -0.3 is 9.84 Å². The Bertz CT molecular complexity index is 355. The molecule has 0 atom stereocenters. The number of halogens is 1. The van der Waals surface area contributed by atoms with E-state index in [0.29, 0.717) is 5.75 Å². The lowest BCUT2D eigenvalue weighted by molar-refractivity contribution is 0.0627. The van der Waals surface area contributed by atoms with Crippen molar-refractivity contribution in [1.29, 1.82) is 0 Å². The number of phenolic OH excluding ortho intramolecular Hbond substituents is 1. The SMILES string of the molecule is CC(C)OCCN(C)Cc1cc(O)ccc1Br. The maximum Gasteiger partial charge on any atom is 0.115 e. The second-order valence-electron chi connectivity index (χ2n) is 4.43. The molecule has 17 heavy (non-hydrogen) atoms. The number of nitrogens with zero attached hydrogens (tertiary/aromatic N) is 1. The van der Waals surface area contributed by atoms with Crippen LogP contribution < -0.4 is 0 Å². The van der Waals surface area contributed by atoms with Crippen LogP contribution in [0.25, 0.3) is 0 Å². The normalized spacial score (nSPS) is 11.4. The molecule has 0 amide bonds. The molecule has 0 bridgehead atoms. The second kappa shape index (κ2) is 6.99. The van der Waals surface area contributed by atoms with Crippen molar-refractivity contribution in [2.75, 3.05) is 20.2 Å². The van der Waals surface area contributed by atoms with Gasteiger partial charge in [-0.25, -0.2) is 0 Å². The summed E-state index contributed by atoms with van der Waals surface area (Å²) >= 11 is 3.48. The standard InChI is InChI=1S/C13H20BrNO2/c1-10(2)17-7-6-15(3)9-11-8-12(16)4-5-13(11)14/h4-5,8,10,16H,6-7,9H2,1-3H3. The van der Waals surface area contributed by atoms with Crippen molar-refractivity contribution >= 4 is 15.9 Å². The third-order valence-corrected chi connectivity index (χ3v) is 3.17. The van der Waals surface area contributed by atoms with Gasteiger partial charge in [0.1, 0.15) is 5.75 Å². The molecule has 1 rings (SSSR count). The van der Waals surface area contributed by atoms with Crippen LogP contribution in [0.2, 0.25) is 0 Å². The van der Waals surface area contributed by atoms with Crippen LogP contribution in [0.4, 0.5) is 0 Å². The van der Waals surface area contributed by atoms with Crippen LogP contribution in [-0.4, -0.2) is 36.3 Å². The van der Waals surface area contributed by atoms with Crippen LogP contribution in [-0.2, 0) is 11.3 Å². The van der Waals surface area contributed by atoms with Crippen LogP contribution >= 0.6 is 15.9 Å². The minimum absolute atomic E-state index is 0.274. The summed E-state index contributed by atoms with van der Waals surface area (Å²) in [5.41, 5.74) is 1.08. The van der Waals surface area contributed by atoms with E-state index in [1.807, 2.05) is 27.0 Å². The van der Waals surface area contributed by atoms with Gasteiger partial charge in [-0.2, -0.15) is 0 Å². The predicted octanol–water partition coefficient (Wildman–Crippen LogP) is 3.01. The molecule has 1 N–H and O–H groups in total. The fourth-order valence-electron chi connectivity index (χ4n) is 1.50. The minimum Gasteiger partial charge on any atom is -0.508 e. The summed E-state index contributed by atoms with van der Waals surface area (Å²) < 4.78 is 6.52. The Morgan fingerprint density at radius 1 is 1.41 bits per heavy atom. The molecule has 1 aromatic carbocycles. The fourth-order valence-corrected chi connectivity index (χ4v) is 1.87. The van der Waals surface area contributed by atoms with Gasteiger partial charge in [-0.15, -0.1) is 0 Å². The maximum atomic E-state index is 9.44. The van der Waals surface area contributed by atoms with E-state index in [1.54, 1.807) is 12.1 Å². The van der Waals surface area contributed by atoms with Crippen molar-refractivity contribution in [2.45, 2.75) is 26.5 Å². The van der Waals surface area contributed by atoms with Gasteiger partial charge in [-0.1, -0.05) is 15.9 Å². The number of hydrogen-bond acceptors (Lipinski definition) is 3. The third-order valence-electron chi connectivity index (χ3n) is 2.39. The predicted molar refractivity (Wildman–Crippen MR) is 73.2 cm³/mol. The fraction of sp³-hybridized carbons (Fsp3) is 0.538. The molecule has 0 unspecified atom stereocenters. The number of hydrogen-bond donors (Lipinski definition) is 1. The molecular weight excluding hydrogens is 282 g/mol. The zero-order valence-corrected chi connectivity index (χ0v) is 12.2. The Hall–Kier alpha value is -0.580. The maximum absolute atomic E-state index is 9.44. The van der Waals surface area contributed by atoms with Gasteiger partial charge in [-0.05, 0) is 44.7 Å². The van der Waals surface area contributed by atoms with E-state index in [4.69, 9.17) is 4.74 Å². The minimum atomic E-state index is 0.274. The number of ether oxygens (including phenoxy) is 1. The van der Waals surface area contributed by atoms with Gasteiger partial charge in [0, 0.05) is 17.6 Å². The van der Waals surface area contributed by atoms with Gasteiger partial charge in [0.25, 0.3) is 0 Å². The molecule has 0 saturated carbocycles. The highest BCUT2D eigenvalue weighted by Gasteiger charge is 2.05. The Morgan fingerprint density at radius 3 is 2.76 bits per heavy atom. The molecule has 0 aliphatic rings. The van der Waals surface area contributed by atoms with Gasteiger partial charge >= 0.3 is 0 Å². The lowest BCUT2D eigenvalue weighted by Crippen LogP contribution is -2.24. The first-order chi connectivity index (χ1) is 7.99. The van der Waals surface area contributed by atoms with Gasteiger partial charge in [0.15, 0.2) is 0 Å². The Labute approximate surface area is 112 Å². The molecule has 0 radical (unpaired) electrons. The van der Waals surface area contributed by atoms with Crippen molar-refractivity contribution in [3.63, 3.8) is 0 Å². The van der Waals surface area contributed by atoms with Crippen molar-refractivity contribution in [3.05, 3.63) is 28.2 Å². The number of likely N-dealkylation sites (N-methyl/N-ethyl adjacent to an activating group) is 1. The molecule has 0 aliphatic carbocycles. The molecule has 0 saturated heterocycles. The molecule has 0 fully saturated rings. The average Bonchev–Trinajstić information content (AvgIpc) is 2.23. The summed E-state index contributed by atoms with van der Waals surface area (Å²) in [6.07, 6.45) is 0.274. The van der Waals surface area contributed by atoms with Crippen molar-refractivity contribution < 1.29 is 9.84 Å². The molecule has 0 aromatic heterocycles. The van der Waals surface area contributed by atoms with Crippen LogP contribution in [0.15, 0.2) is 22.7 Å². The second-order valence-corrected chi connectivity index (χ2v) is 5.29. The summed E-state index contributed by atoms with van der Waals surface area (Å²) in [5, 5.41) is 9.44. The van der Waals surface area contributed by atoms with E-state index in [0.717, 1.165) is 29.7 Å².